The van der Waals surface area contributed by atoms with E-state index in [2.05, 4.69) is 6.92 Å². The smallest absolute Gasteiger partial charge is 0.0683 e. The molecule has 0 aromatic carbocycles. The van der Waals surface area contributed by atoms with Crippen molar-refractivity contribution in [3.05, 3.63) is 0 Å². The van der Waals surface area contributed by atoms with Gasteiger partial charge in [0, 0.05) is 6.42 Å². The molecule has 0 aliphatic heterocycles. The Morgan fingerprint density at radius 3 is 2.00 bits per heavy atom. The molecule has 2 unspecified atom stereocenters. The summed E-state index contributed by atoms with van der Waals surface area (Å²) in [5.74, 6) is 0.584. The maximum absolute atomic E-state index is 10.4. The van der Waals surface area contributed by atoms with E-state index in [9.17, 15) is 10.2 Å². The molecule has 80 valence electrons. The Morgan fingerprint density at radius 2 is 1.57 bits per heavy atom. The van der Waals surface area contributed by atoms with Crippen molar-refractivity contribution in [1.82, 2.24) is 0 Å². The SMILES string of the molecule is CCC12CC3C[C@@](O)(C1)C[C@](O)(C3)C2. The maximum atomic E-state index is 10.4. The highest BCUT2D eigenvalue weighted by atomic mass is 16.3. The fourth-order valence-electron chi connectivity index (χ4n) is 4.93. The Hall–Kier alpha value is -0.0800. The molecule has 0 spiro atoms. The van der Waals surface area contributed by atoms with Crippen LogP contribution in [0.3, 0.4) is 0 Å². The first-order chi connectivity index (χ1) is 6.47. The van der Waals surface area contributed by atoms with Gasteiger partial charge in [-0.1, -0.05) is 13.3 Å². The van der Waals surface area contributed by atoms with Crippen molar-refractivity contribution in [2.75, 3.05) is 0 Å². The first-order valence-electron chi connectivity index (χ1n) is 5.91. The monoisotopic (exact) mass is 196 g/mol. The summed E-state index contributed by atoms with van der Waals surface area (Å²) < 4.78 is 0. The van der Waals surface area contributed by atoms with Gasteiger partial charge in [0.15, 0.2) is 0 Å². The van der Waals surface area contributed by atoms with Crippen LogP contribution < -0.4 is 0 Å². The molecular formula is C12H20O2. The van der Waals surface area contributed by atoms with E-state index in [1.165, 1.54) is 6.42 Å². The lowest BCUT2D eigenvalue weighted by Crippen LogP contribution is -2.62. The molecule has 4 fully saturated rings. The zero-order valence-electron chi connectivity index (χ0n) is 8.92. The molecule has 4 aliphatic rings. The Morgan fingerprint density at radius 1 is 1.00 bits per heavy atom. The summed E-state index contributed by atoms with van der Waals surface area (Å²) in [5.41, 5.74) is -0.780. The van der Waals surface area contributed by atoms with Gasteiger partial charge in [-0.15, -0.1) is 0 Å². The van der Waals surface area contributed by atoms with Crippen molar-refractivity contribution in [2.45, 2.75) is 63.1 Å². The van der Waals surface area contributed by atoms with Crippen molar-refractivity contribution in [3.63, 3.8) is 0 Å². The summed E-state index contributed by atoms with van der Waals surface area (Å²) in [6.07, 6.45) is 6.76. The molecule has 0 aromatic heterocycles. The van der Waals surface area contributed by atoms with Gasteiger partial charge in [0.05, 0.1) is 11.2 Å². The molecule has 2 N–H and O–H groups in total. The predicted molar refractivity (Wildman–Crippen MR) is 53.8 cm³/mol. The van der Waals surface area contributed by atoms with Gasteiger partial charge in [0.25, 0.3) is 0 Å². The lowest BCUT2D eigenvalue weighted by Gasteiger charge is -2.63. The minimum Gasteiger partial charge on any atom is -0.390 e. The Kier molecular flexibility index (Phi) is 1.54. The van der Waals surface area contributed by atoms with Crippen molar-refractivity contribution in [1.29, 1.82) is 0 Å². The Bertz CT molecular complexity index is 255. The fraction of sp³-hybridized carbons (Fsp3) is 1.00. The molecule has 0 saturated heterocycles. The van der Waals surface area contributed by atoms with Crippen LogP contribution in [0.1, 0.15) is 51.9 Å². The van der Waals surface area contributed by atoms with Crippen molar-refractivity contribution in [2.24, 2.45) is 11.3 Å². The van der Waals surface area contributed by atoms with Crippen molar-refractivity contribution >= 4 is 0 Å². The molecule has 0 heterocycles. The second kappa shape index (κ2) is 2.35. The summed E-state index contributed by atoms with van der Waals surface area (Å²) in [7, 11) is 0. The first-order valence-corrected chi connectivity index (χ1v) is 5.91. The molecular weight excluding hydrogens is 176 g/mol. The third-order valence-electron chi connectivity index (χ3n) is 4.88. The average molecular weight is 196 g/mol. The standard InChI is InChI=1S/C12H20O2/c1-2-10-3-9-4-11(13,6-10)8-12(14,5-9)7-10/h9,13-14H,2-8H2,1H3/t9?,10?,11-,12+. The molecule has 0 amide bonds. The molecule has 0 aromatic rings. The van der Waals surface area contributed by atoms with E-state index in [-0.39, 0.29) is 5.41 Å². The van der Waals surface area contributed by atoms with Gasteiger partial charge in [-0.2, -0.15) is 0 Å². The molecule has 4 atom stereocenters. The second-order valence-electron chi connectivity index (χ2n) is 6.31. The quantitative estimate of drug-likeness (QED) is 0.672. The summed E-state index contributed by atoms with van der Waals surface area (Å²) in [6.45, 7) is 2.21. The molecule has 2 nitrogen and oxygen atoms in total. The summed E-state index contributed by atoms with van der Waals surface area (Å²) in [6, 6.07) is 0. The first kappa shape index (κ1) is 9.17. The third kappa shape index (κ3) is 1.10. The molecule has 4 aliphatic carbocycles. The maximum Gasteiger partial charge on any atom is 0.0683 e. The zero-order valence-corrected chi connectivity index (χ0v) is 8.92. The lowest BCUT2D eigenvalue weighted by molar-refractivity contribution is -0.230. The van der Waals surface area contributed by atoms with Gasteiger partial charge in [0.2, 0.25) is 0 Å². The average Bonchev–Trinajstić information content (AvgIpc) is 1.97. The Labute approximate surface area is 85.3 Å². The fourth-order valence-corrected chi connectivity index (χ4v) is 4.93. The third-order valence-corrected chi connectivity index (χ3v) is 4.88. The number of hydrogen-bond acceptors (Lipinski definition) is 2. The topological polar surface area (TPSA) is 40.5 Å². The van der Waals surface area contributed by atoms with E-state index < -0.39 is 11.2 Å². The summed E-state index contributed by atoms with van der Waals surface area (Å²) in [4.78, 5) is 0. The van der Waals surface area contributed by atoms with Crippen LogP contribution in [0.5, 0.6) is 0 Å². The van der Waals surface area contributed by atoms with Crippen LogP contribution in [0.15, 0.2) is 0 Å². The van der Waals surface area contributed by atoms with Crippen LogP contribution in [0.4, 0.5) is 0 Å². The van der Waals surface area contributed by atoms with E-state index >= 15 is 0 Å². The second-order valence-corrected chi connectivity index (χ2v) is 6.31. The van der Waals surface area contributed by atoms with Gasteiger partial charge in [-0.25, -0.2) is 0 Å². The minimum absolute atomic E-state index is 0.267. The van der Waals surface area contributed by atoms with Crippen molar-refractivity contribution in [3.8, 4) is 0 Å². The van der Waals surface area contributed by atoms with Gasteiger partial charge >= 0.3 is 0 Å². The number of rotatable bonds is 1. The highest BCUT2D eigenvalue weighted by Gasteiger charge is 2.61. The highest BCUT2D eigenvalue weighted by molar-refractivity contribution is 5.13. The van der Waals surface area contributed by atoms with E-state index in [1.54, 1.807) is 0 Å². The highest BCUT2D eigenvalue weighted by Crippen LogP contribution is 2.64. The minimum atomic E-state index is -0.524. The van der Waals surface area contributed by atoms with Crippen LogP contribution >= 0.6 is 0 Å². The summed E-state index contributed by atoms with van der Waals surface area (Å²) in [5, 5.41) is 20.8. The number of hydrogen-bond donors (Lipinski definition) is 2. The van der Waals surface area contributed by atoms with E-state index in [0.717, 1.165) is 32.1 Å². The lowest BCUT2D eigenvalue weighted by atomic mass is 9.46. The zero-order chi connectivity index (χ0) is 10.0. The molecule has 2 heteroatoms. The summed E-state index contributed by atoms with van der Waals surface area (Å²) >= 11 is 0. The Balaban J connectivity index is 2.01. The van der Waals surface area contributed by atoms with E-state index in [0.29, 0.717) is 12.3 Å². The van der Waals surface area contributed by atoms with Crippen LogP contribution in [-0.4, -0.2) is 21.4 Å². The predicted octanol–water partition coefficient (Wildman–Crippen LogP) is 1.84. The van der Waals surface area contributed by atoms with E-state index in [1.807, 2.05) is 0 Å². The molecule has 14 heavy (non-hydrogen) atoms. The number of aliphatic hydroxyl groups is 2. The molecule has 4 bridgehead atoms. The van der Waals surface area contributed by atoms with E-state index in [4.69, 9.17) is 0 Å². The van der Waals surface area contributed by atoms with Crippen LogP contribution in [0.2, 0.25) is 0 Å². The van der Waals surface area contributed by atoms with Crippen LogP contribution in [0.25, 0.3) is 0 Å². The molecule has 0 radical (unpaired) electrons. The van der Waals surface area contributed by atoms with Gasteiger partial charge in [-0.3, -0.25) is 0 Å². The van der Waals surface area contributed by atoms with Gasteiger partial charge < -0.3 is 10.2 Å². The molecule has 4 saturated carbocycles. The van der Waals surface area contributed by atoms with Gasteiger partial charge in [-0.05, 0) is 43.4 Å². The van der Waals surface area contributed by atoms with Crippen LogP contribution in [0, 0.1) is 11.3 Å². The largest absolute Gasteiger partial charge is 0.390 e. The normalized spacial score (nSPS) is 60.6. The molecule has 4 rings (SSSR count). The van der Waals surface area contributed by atoms with Crippen LogP contribution in [-0.2, 0) is 0 Å². The van der Waals surface area contributed by atoms with Gasteiger partial charge in [0.1, 0.15) is 0 Å². The van der Waals surface area contributed by atoms with Crippen molar-refractivity contribution < 1.29 is 10.2 Å².